The predicted molar refractivity (Wildman–Crippen MR) is 86.3 cm³/mol. The number of hydrogen-bond acceptors (Lipinski definition) is 4. The third-order valence-electron chi connectivity index (χ3n) is 4.12. The highest BCUT2D eigenvalue weighted by atomic mass is 16.1. The first kappa shape index (κ1) is 15.2. The van der Waals surface area contributed by atoms with Crippen molar-refractivity contribution in [3.05, 3.63) is 54.0 Å². The van der Waals surface area contributed by atoms with Gasteiger partial charge < -0.3 is 5.32 Å². The minimum Gasteiger partial charge on any atom is -0.310 e. The van der Waals surface area contributed by atoms with Gasteiger partial charge >= 0.3 is 0 Å². The van der Waals surface area contributed by atoms with Crippen LogP contribution in [0.15, 0.2) is 42.9 Å². The quantitative estimate of drug-likeness (QED) is 0.921. The van der Waals surface area contributed by atoms with Crippen molar-refractivity contribution in [2.24, 2.45) is 11.8 Å². The van der Waals surface area contributed by atoms with E-state index < -0.39 is 0 Å². The van der Waals surface area contributed by atoms with Crippen molar-refractivity contribution in [2.75, 3.05) is 5.32 Å². The van der Waals surface area contributed by atoms with Crippen LogP contribution in [-0.2, 0) is 17.6 Å². The van der Waals surface area contributed by atoms with E-state index >= 15 is 0 Å². The summed E-state index contributed by atoms with van der Waals surface area (Å²) in [5, 5.41) is 11.6. The second-order valence-corrected chi connectivity index (χ2v) is 6.01. The highest BCUT2D eigenvalue weighted by molar-refractivity contribution is 5.91. The Hall–Kier alpha value is -2.74. The SMILES string of the molecule is N#CC1CC(Cc2ccc(NC(=O)Cc3cccnc3)nc2)C1. The van der Waals surface area contributed by atoms with Crippen LogP contribution in [0.3, 0.4) is 0 Å². The summed E-state index contributed by atoms with van der Waals surface area (Å²) in [4.78, 5) is 20.3. The number of aromatic nitrogens is 2. The van der Waals surface area contributed by atoms with Gasteiger partial charge in [0.2, 0.25) is 5.91 Å². The van der Waals surface area contributed by atoms with Gasteiger partial charge in [-0.1, -0.05) is 12.1 Å². The molecule has 1 amide bonds. The van der Waals surface area contributed by atoms with Gasteiger partial charge in [0, 0.05) is 24.5 Å². The largest absolute Gasteiger partial charge is 0.310 e. The van der Waals surface area contributed by atoms with Crippen LogP contribution in [-0.4, -0.2) is 15.9 Å². The van der Waals surface area contributed by atoms with Crippen molar-refractivity contribution >= 4 is 11.7 Å². The molecule has 5 heteroatoms. The molecular weight excluding hydrogens is 288 g/mol. The van der Waals surface area contributed by atoms with Crippen molar-refractivity contribution in [3.63, 3.8) is 0 Å². The molecule has 1 fully saturated rings. The Kier molecular flexibility index (Phi) is 4.62. The number of rotatable bonds is 5. The van der Waals surface area contributed by atoms with Crippen molar-refractivity contribution in [1.82, 2.24) is 9.97 Å². The van der Waals surface area contributed by atoms with Crippen molar-refractivity contribution in [1.29, 1.82) is 5.26 Å². The first-order chi connectivity index (χ1) is 11.2. The molecule has 3 rings (SSSR count). The van der Waals surface area contributed by atoms with E-state index in [-0.39, 0.29) is 18.2 Å². The van der Waals surface area contributed by atoms with Crippen LogP contribution in [0.5, 0.6) is 0 Å². The maximum Gasteiger partial charge on any atom is 0.230 e. The molecule has 1 aliphatic carbocycles. The van der Waals surface area contributed by atoms with Crippen LogP contribution in [0.2, 0.25) is 0 Å². The fourth-order valence-electron chi connectivity index (χ4n) is 2.84. The van der Waals surface area contributed by atoms with Gasteiger partial charge in [0.15, 0.2) is 0 Å². The smallest absolute Gasteiger partial charge is 0.230 e. The molecule has 0 spiro atoms. The Labute approximate surface area is 135 Å². The number of hydrogen-bond donors (Lipinski definition) is 1. The van der Waals surface area contributed by atoms with E-state index in [0.29, 0.717) is 11.7 Å². The number of carbonyl (C=O) groups excluding carboxylic acids is 1. The van der Waals surface area contributed by atoms with E-state index in [4.69, 9.17) is 5.26 Å². The molecule has 0 bridgehead atoms. The Morgan fingerprint density at radius 3 is 2.78 bits per heavy atom. The second-order valence-electron chi connectivity index (χ2n) is 6.01. The maximum absolute atomic E-state index is 12.0. The molecule has 0 atom stereocenters. The van der Waals surface area contributed by atoms with E-state index in [1.807, 2.05) is 24.3 Å². The molecule has 5 nitrogen and oxygen atoms in total. The first-order valence-corrected chi connectivity index (χ1v) is 7.76. The van der Waals surface area contributed by atoms with Gasteiger partial charge in [0.05, 0.1) is 12.5 Å². The standard InChI is InChI=1S/C18H18N4O/c19-10-16-7-15(8-16)6-14-3-4-17(21-12-14)22-18(23)9-13-2-1-5-20-11-13/h1-5,11-12,15-16H,6-9H2,(H,21,22,23). The normalized spacial score (nSPS) is 19.4. The summed E-state index contributed by atoms with van der Waals surface area (Å²) in [6, 6.07) is 9.81. The molecule has 2 heterocycles. The Bertz CT molecular complexity index is 700. The van der Waals surface area contributed by atoms with E-state index in [0.717, 1.165) is 30.4 Å². The zero-order valence-electron chi connectivity index (χ0n) is 12.8. The first-order valence-electron chi connectivity index (χ1n) is 7.76. The van der Waals surface area contributed by atoms with Gasteiger partial charge in [0.1, 0.15) is 5.82 Å². The third-order valence-corrected chi connectivity index (χ3v) is 4.12. The van der Waals surface area contributed by atoms with E-state index in [2.05, 4.69) is 21.4 Å². The van der Waals surface area contributed by atoms with Crippen LogP contribution in [0.25, 0.3) is 0 Å². The second kappa shape index (κ2) is 7.01. The number of nitrogens with one attached hydrogen (secondary N) is 1. The molecule has 2 aromatic heterocycles. The van der Waals surface area contributed by atoms with Gasteiger partial charge in [-0.3, -0.25) is 9.78 Å². The number of pyridine rings is 2. The molecular formula is C18H18N4O. The van der Waals surface area contributed by atoms with Crippen LogP contribution in [0.1, 0.15) is 24.0 Å². The lowest BCUT2D eigenvalue weighted by atomic mass is 9.73. The highest BCUT2D eigenvalue weighted by Crippen LogP contribution is 2.35. The fraction of sp³-hybridized carbons (Fsp3) is 0.333. The van der Waals surface area contributed by atoms with Gasteiger partial charge in [-0.05, 0) is 48.4 Å². The van der Waals surface area contributed by atoms with Crippen LogP contribution in [0.4, 0.5) is 5.82 Å². The van der Waals surface area contributed by atoms with Crippen molar-refractivity contribution in [2.45, 2.75) is 25.7 Å². The molecule has 23 heavy (non-hydrogen) atoms. The number of nitrogens with zero attached hydrogens (tertiary/aromatic N) is 3. The summed E-state index contributed by atoms with van der Waals surface area (Å²) < 4.78 is 0. The van der Waals surface area contributed by atoms with Crippen LogP contribution < -0.4 is 5.32 Å². The number of anilines is 1. The molecule has 1 aliphatic rings. The molecule has 2 aromatic rings. The van der Waals surface area contributed by atoms with Gasteiger partial charge in [-0.2, -0.15) is 5.26 Å². The van der Waals surface area contributed by atoms with Gasteiger partial charge in [0.25, 0.3) is 0 Å². The zero-order chi connectivity index (χ0) is 16.1. The summed E-state index contributed by atoms with van der Waals surface area (Å²) in [5.74, 6) is 1.28. The van der Waals surface area contributed by atoms with E-state index in [1.54, 1.807) is 18.6 Å². The van der Waals surface area contributed by atoms with E-state index in [1.165, 1.54) is 0 Å². The summed E-state index contributed by atoms with van der Waals surface area (Å²) in [6.45, 7) is 0. The zero-order valence-corrected chi connectivity index (χ0v) is 12.8. The average molecular weight is 306 g/mol. The minimum absolute atomic E-state index is 0.103. The highest BCUT2D eigenvalue weighted by Gasteiger charge is 2.28. The van der Waals surface area contributed by atoms with Gasteiger partial charge in [-0.15, -0.1) is 0 Å². The van der Waals surface area contributed by atoms with Gasteiger partial charge in [-0.25, -0.2) is 4.98 Å². The lowest BCUT2D eigenvalue weighted by Gasteiger charge is -2.30. The summed E-state index contributed by atoms with van der Waals surface area (Å²) in [5.41, 5.74) is 2.02. The van der Waals surface area contributed by atoms with Crippen LogP contribution in [0, 0.1) is 23.2 Å². The molecule has 1 N–H and O–H groups in total. The average Bonchev–Trinajstić information content (AvgIpc) is 2.53. The number of nitriles is 1. The summed E-state index contributed by atoms with van der Waals surface area (Å²) >= 11 is 0. The summed E-state index contributed by atoms with van der Waals surface area (Å²) in [6.07, 6.45) is 8.38. The molecule has 1 saturated carbocycles. The lowest BCUT2D eigenvalue weighted by Crippen LogP contribution is -2.24. The Morgan fingerprint density at radius 1 is 1.26 bits per heavy atom. The number of carbonyl (C=O) groups is 1. The van der Waals surface area contributed by atoms with Crippen molar-refractivity contribution in [3.8, 4) is 6.07 Å². The van der Waals surface area contributed by atoms with Crippen LogP contribution >= 0.6 is 0 Å². The Balaban J connectivity index is 1.49. The summed E-state index contributed by atoms with van der Waals surface area (Å²) in [7, 11) is 0. The number of amides is 1. The lowest BCUT2D eigenvalue weighted by molar-refractivity contribution is -0.115. The minimum atomic E-state index is -0.103. The Morgan fingerprint density at radius 2 is 2.13 bits per heavy atom. The molecule has 0 aromatic carbocycles. The maximum atomic E-state index is 12.0. The molecule has 0 saturated heterocycles. The monoisotopic (exact) mass is 306 g/mol. The van der Waals surface area contributed by atoms with Crippen molar-refractivity contribution < 1.29 is 4.79 Å². The fourth-order valence-corrected chi connectivity index (χ4v) is 2.84. The predicted octanol–water partition coefficient (Wildman–Crippen LogP) is 2.75. The molecule has 0 unspecified atom stereocenters. The third kappa shape index (κ3) is 4.13. The van der Waals surface area contributed by atoms with E-state index in [9.17, 15) is 4.79 Å². The molecule has 116 valence electrons. The molecule has 0 aliphatic heterocycles. The molecule has 0 radical (unpaired) electrons. The topological polar surface area (TPSA) is 78.7 Å².